The molecule has 1 aromatic carbocycles. The lowest BCUT2D eigenvalue weighted by Gasteiger charge is -2.11. The van der Waals surface area contributed by atoms with E-state index in [1.54, 1.807) is 13.0 Å². The van der Waals surface area contributed by atoms with Crippen LogP contribution in [0.4, 0.5) is 10.1 Å². The van der Waals surface area contributed by atoms with Crippen LogP contribution in [0.15, 0.2) is 35.4 Å². The first-order chi connectivity index (χ1) is 9.83. The number of nitrogens with zero attached hydrogens (tertiary/aromatic N) is 1. The van der Waals surface area contributed by atoms with Gasteiger partial charge in [0.1, 0.15) is 5.82 Å². The zero-order valence-corrected chi connectivity index (χ0v) is 12.7. The Morgan fingerprint density at radius 1 is 1.38 bits per heavy atom. The van der Waals surface area contributed by atoms with Gasteiger partial charge in [0.15, 0.2) is 0 Å². The van der Waals surface area contributed by atoms with Crippen LogP contribution in [0.25, 0.3) is 0 Å². The number of anilines is 1. The summed E-state index contributed by atoms with van der Waals surface area (Å²) in [7, 11) is -3.93. The smallest absolute Gasteiger partial charge is 0.262 e. The molecule has 8 heteroatoms. The molecular formula is C13H13ClFN3O2S. The second-order valence-corrected chi connectivity index (χ2v) is 6.43. The molecule has 112 valence electrons. The van der Waals surface area contributed by atoms with Gasteiger partial charge in [0.25, 0.3) is 10.0 Å². The van der Waals surface area contributed by atoms with E-state index in [9.17, 15) is 12.8 Å². The second-order valence-electron chi connectivity index (χ2n) is 4.37. The monoisotopic (exact) mass is 329 g/mol. The standard InChI is InChI=1S/C13H13ClFN3O2S/c1-8-4-10(2-3-17-8)18-21(19,20)11-5-9(7-16)13(14)12(15)6-11/h2-6H,7,16H2,1H3,(H,17,18). The van der Waals surface area contributed by atoms with Crippen LogP contribution in [-0.4, -0.2) is 13.4 Å². The highest BCUT2D eigenvalue weighted by Gasteiger charge is 2.19. The molecule has 0 amide bonds. The molecule has 0 aliphatic rings. The summed E-state index contributed by atoms with van der Waals surface area (Å²) in [5.74, 6) is -0.828. The Morgan fingerprint density at radius 2 is 2.10 bits per heavy atom. The predicted molar refractivity (Wildman–Crippen MR) is 79.1 cm³/mol. The Bertz CT molecular complexity index is 781. The second kappa shape index (κ2) is 5.97. The van der Waals surface area contributed by atoms with Gasteiger partial charge in [-0.3, -0.25) is 9.71 Å². The van der Waals surface area contributed by atoms with Crippen LogP contribution in [0.3, 0.4) is 0 Å². The van der Waals surface area contributed by atoms with Crippen molar-refractivity contribution in [2.45, 2.75) is 18.4 Å². The van der Waals surface area contributed by atoms with E-state index in [1.807, 2.05) is 0 Å². The summed E-state index contributed by atoms with van der Waals surface area (Å²) >= 11 is 5.72. The highest BCUT2D eigenvalue weighted by Crippen LogP contribution is 2.25. The van der Waals surface area contributed by atoms with E-state index in [1.165, 1.54) is 18.3 Å². The van der Waals surface area contributed by atoms with Crippen LogP contribution < -0.4 is 10.5 Å². The van der Waals surface area contributed by atoms with Gasteiger partial charge in [0.05, 0.1) is 15.6 Å². The largest absolute Gasteiger partial charge is 0.326 e. The number of rotatable bonds is 4. The number of nitrogens with two attached hydrogens (primary N) is 1. The molecule has 5 nitrogen and oxygen atoms in total. The fourth-order valence-electron chi connectivity index (χ4n) is 1.75. The first kappa shape index (κ1) is 15.7. The summed E-state index contributed by atoms with van der Waals surface area (Å²) in [5.41, 5.74) is 6.65. The minimum Gasteiger partial charge on any atom is -0.326 e. The molecule has 2 rings (SSSR count). The zero-order valence-electron chi connectivity index (χ0n) is 11.1. The molecule has 0 aliphatic carbocycles. The molecule has 0 saturated heterocycles. The van der Waals surface area contributed by atoms with Crippen molar-refractivity contribution in [3.63, 3.8) is 0 Å². The van der Waals surface area contributed by atoms with Crippen molar-refractivity contribution in [3.05, 3.63) is 52.6 Å². The first-order valence-corrected chi connectivity index (χ1v) is 7.83. The molecular weight excluding hydrogens is 317 g/mol. The number of hydrogen-bond donors (Lipinski definition) is 2. The summed E-state index contributed by atoms with van der Waals surface area (Å²) in [4.78, 5) is 3.73. The number of benzene rings is 1. The number of pyridine rings is 1. The molecule has 0 aliphatic heterocycles. The van der Waals surface area contributed by atoms with Crippen molar-refractivity contribution >= 4 is 27.3 Å². The molecule has 0 atom stereocenters. The molecule has 0 radical (unpaired) electrons. The van der Waals surface area contributed by atoms with Gasteiger partial charge in [-0.25, -0.2) is 12.8 Å². The molecule has 0 spiro atoms. The lowest BCUT2D eigenvalue weighted by atomic mass is 10.2. The molecule has 1 aromatic heterocycles. The number of hydrogen-bond acceptors (Lipinski definition) is 4. The van der Waals surface area contributed by atoms with Crippen LogP contribution >= 0.6 is 11.6 Å². The van der Waals surface area contributed by atoms with Gasteiger partial charge in [-0.15, -0.1) is 0 Å². The van der Waals surface area contributed by atoms with E-state index in [-0.39, 0.29) is 22.0 Å². The van der Waals surface area contributed by atoms with Crippen molar-refractivity contribution in [2.24, 2.45) is 5.73 Å². The van der Waals surface area contributed by atoms with E-state index in [0.29, 0.717) is 11.4 Å². The van der Waals surface area contributed by atoms with Crippen LogP contribution in [0.1, 0.15) is 11.3 Å². The maximum atomic E-state index is 13.7. The van der Waals surface area contributed by atoms with Crippen molar-refractivity contribution in [1.29, 1.82) is 0 Å². The Morgan fingerprint density at radius 3 is 2.71 bits per heavy atom. The van der Waals surface area contributed by atoms with Gasteiger partial charge in [0, 0.05) is 18.4 Å². The molecule has 1 heterocycles. The van der Waals surface area contributed by atoms with Crippen molar-refractivity contribution < 1.29 is 12.8 Å². The van der Waals surface area contributed by atoms with Crippen LogP contribution in [0, 0.1) is 12.7 Å². The summed E-state index contributed by atoms with van der Waals surface area (Å²) < 4.78 is 40.6. The van der Waals surface area contributed by atoms with E-state index < -0.39 is 15.8 Å². The van der Waals surface area contributed by atoms with Crippen LogP contribution in [0.2, 0.25) is 5.02 Å². The molecule has 21 heavy (non-hydrogen) atoms. The topological polar surface area (TPSA) is 85.1 Å². The molecule has 0 saturated carbocycles. The van der Waals surface area contributed by atoms with E-state index in [0.717, 1.165) is 6.07 Å². The molecule has 0 unspecified atom stereocenters. The Kier molecular flexibility index (Phi) is 4.46. The van der Waals surface area contributed by atoms with Gasteiger partial charge >= 0.3 is 0 Å². The molecule has 0 fully saturated rings. The summed E-state index contributed by atoms with van der Waals surface area (Å²) in [5, 5.41) is -0.170. The Labute approximate surface area is 127 Å². The van der Waals surface area contributed by atoms with Gasteiger partial charge in [-0.2, -0.15) is 0 Å². The van der Waals surface area contributed by atoms with Crippen molar-refractivity contribution in [2.75, 3.05) is 4.72 Å². The predicted octanol–water partition coefficient (Wildman–Crippen LogP) is 2.44. The van der Waals surface area contributed by atoms with Gasteiger partial charge in [-0.05, 0) is 36.8 Å². The zero-order chi connectivity index (χ0) is 15.6. The van der Waals surface area contributed by atoms with Gasteiger partial charge < -0.3 is 5.73 Å². The highest BCUT2D eigenvalue weighted by molar-refractivity contribution is 7.92. The van der Waals surface area contributed by atoms with E-state index in [4.69, 9.17) is 17.3 Å². The SMILES string of the molecule is Cc1cc(NS(=O)(=O)c2cc(F)c(Cl)c(CN)c2)ccn1. The minimum atomic E-state index is -3.93. The Balaban J connectivity index is 2.42. The third kappa shape index (κ3) is 3.49. The van der Waals surface area contributed by atoms with E-state index >= 15 is 0 Å². The van der Waals surface area contributed by atoms with Gasteiger partial charge in [0.2, 0.25) is 0 Å². The number of halogens is 2. The van der Waals surface area contributed by atoms with E-state index in [2.05, 4.69) is 9.71 Å². The Hall–Kier alpha value is -1.70. The summed E-state index contributed by atoms with van der Waals surface area (Å²) in [6.07, 6.45) is 1.47. The van der Waals surface area contributed by atoms with Crippen LogP contribution in [0.5, 0.6) is 0 Å². The molecule has 0 bridgehead atoms. The summed E-state index contributed by atoms with van der Waals surface area (Å²) in [6.45, 7) is 1.67. The highest BCUT2D eigenvalue weighted by atomic mass is 35.5. The van der Waals surface area contributed by atoms with Crippen LogP contribution in [-0.2, 0) is 16.6 Å². The fraction of sp³-hybridized carbons (Fsp3) is 0.154. The lowest BCUT2D eigenvalue weighted by Crippen LogP contribution is -2.14. The van der Waals surface area contributed by atoms with Crippen molar-refractivity contribution in [1.82, 2.24) is 4.98 Å². The van der Waals surface area contributed by atoms with Gasteiger partial charge in [-0.1, -0.05) is 11.6 Å². The number of nitrogens with one attached hydrogen (secondary N) is 1. The minimum absolute atomic E-state index is 0.0620. The molecule has 2 aromatic rings. The van der Waals surface area contributed by atoms with Crippen molar-refractivity contribution in [3.8, 4) is 0 Å². The average Bonchev–Trinajstić information content (AvgIpc) is 2.41. The summed E-state index contributed by atoms with van der Waals surface area (Å²) in [6, 6.07) is 5.17. The average molecular weight is 330 g/mol. The third-order valence-corrected chi connectivity index (χ3v) is 4.54. The molecule has 3 N–H and O–H groups in total. The maximum Gasteiger partial charge on any atom is 0.262 e. The normalized spacial score (nSPS) is 11.4. The number of aromatic nitrogens is 1. The number of aryl methyl sites for hydroxylation is 1. The number of sulfonamides is 1. The third-order valence-electron chi connectivity index (χ3n) is 2.76. The first-order valence-electron chi connectivity index (χ1n) is 5.97. The lowest BCUT2D eigenvalue weighted by molar-refractivity contribution is 0.594. The maximum absolute atomic E-state index is 13.7. The fourth-order valence-corrected chi connectivity index (χ4v) is 3.04. The quantitative estimate of drug-likeness (QED) is 0.902.